The van der Waals surface area contributed by atoms with Crippen LogP contribution in [0.15, 0.2) is 57.7 Å². The number of carbonyl (C=O) groups is 1. The van der Waals surface area contributed by atoms with Gasteiger partial charge in [-0.3, -0.25) is 18.7 Å². The third kappa shape index (κ3) is 3.62. The molecule has 33 heavy (non-hydrogen) atoms. The van der Waals surface area contributed by atoms with Crippen LogP contribution in [0.1, 0.15) is 34.9 Å². The van der Waals surface area contributed by atoms with Gasteiger partial charge in [-0.05, 0) is 35.4 Å². The molecule has 0 saturated heterocycles. The van der Waals surface area contributed by atoms with E-state index in [9.17, 15) is 14.4 Å². The zero-order chi connectivity index (χ0) is 23.1. The lowest BCUT2D eigenvalue weighted by molar-refractivity contribution is -0.133. The van der Waals surface area contributed by atoms with Gasteiger partial charge >= 0.3 is 5.69 Å². The maximum absolute atomic E-state index is 13.3. The van der Waals surface area contributed by atoms with Crippen LogP contribution in [0.25, 0.3) is 11.2 Å². The molecule has 4 heterocycles. The Morgan fingerprint density at radius 1 is 1.12 bits per heavy atom. The van der Waals surface area contributed by atoms with E-state index in [0.29, 0.717) is 37.1 Å². The quantitative estimate of drug-likeness (QED) is 0.455. The summed E-state index contributed by atoms with van der Waals surface area (Å²) in [4.78, 5) is 45.7. The minimum atomic E-state index is -0.405. The number of carbonyl (C=O) groups excluding carboxylic acids is 1. The molecule has 8 nitrogen and oxygen atoms in total. The number of aromatic nitrogens is 4. The van der Waals surface area contributed by atoms with Crippen molar-refractivity contribution in [2.24, 2.45) is 14.1 Å². The van der Waals surface area contributed by atoms with Gasteiger partial charge in [-0.25, -0.2) is 9.78 Å². The zero-order valence-corrected chi connectivity index (χ0v) is 19.4. The monoisotopic (exact) mass is 463 g/mol. The highest BCUT2D eigenvalue weighted by Crippen LogP contribution is 2.38. The number of hydrogen-bond donors (Lipinski definition) is 0. The second-order valence-electron chi connectivity index (χ2n) is 8.37. The van der Waals surface area contributed by atoms with Crippen molar-refractivity contribution in [1.82, 2.24) is 23.6 Å². The van der Waals surface area contributed by atoms with Crippen molar-refractivity contribution in [3.05, 3.63) is 84.9 Å². The molecule has 4 aromatic rings. The van der Waals surface area contributed by atoms with Gasteiger partial charge < -0.3 is 9.47 Å². The van der Waals surface area contributed by atoms with Gasteiger partial charge in [0.2, 0.25) is 5.91 Å². The highest BCUT2D eigenvalue weighted by molar-refractivity contribution is 7.10. The summed E-state index contributed by atoms with van der Waals surface area (Å²) in [5, 5.41) is 2.10. The van der Waals surface area contributed by atoms with Crippen LogP contribution in [0.3, 0.4) is 0 Å². The number of thiophene rings is 1. The van der Waals surface area contributed by atoms with Gasteiger partial charge in [-0.15, -0.1) is 11.3 Å². The fourth-order valence-corrected chi connectivity index (χ4v) is 5.59. The van der Waals surface area contributed by atoms with E-state index in [1.807, 2.05) is 23.1 Å². The summed E-state index contributed by atoms with van der Waals surface area (Å²) >= 11 is 1.76. The van der Waals surface area contributed by atoms with E-state index >= 15 is 0 Å². The molecular formula is C24H25N5O3S. The third-order valence-electron chi connectivity index (χ3n) is 6.41. The first kappa shape index (κ1) is 21.4. The summed E-state index contributed by atoms with van der Waals surface area (Å²) in [5.41, 5.74) is 2.31. The van der Waals surface area contributed by atoms with Crippen molar-refractivity contribution in [2.45, 2.75) is 31.8 Å². The molecule has 3 aromatic heterocycles. The van der Waals surface area contributed by atoms with Crippen LogP contribution in [0, 0.1) is 0 Å². The molecule has 1 aliphatic rings. The summed E-state index contributed by atoms with van der Waals surface area (Å²) in [6.45, 7) is 1.17. The maximum Gasteiger partial charge on any atom is 0.332 e. The van der Waals surface area contributed by atoms with Crippen molar-refractivity contribution < 1.29 is 4.79 Å². The zero-order valence-electron chi connectivity index (χ0n) is 18.6. The minimum Gasteiger partial charge on any atom is -0.331 e. The summed E-state index contributed by atoms with van der Waals surface area (Å²) in [6, 6.07) is 12.2. The molecule has 0 fully saturated rings. The van der Waals surface area contributed by atoms with E-state index in [1.54, 1.807) is 29.3 Å². The van der Waals surface area contributed by atoms with Crippen molar-refractivity contribution in [3.8, 4) is 0 Å². The van der Waals surface area contributed by atoms with E-state index in [4.69, 9.17) is 0 Å². The van der Waals surface area contributed by atoms with Crippen LogP contribution in [-0.4, -0.2) is 36.0 Å². The Hall–Kier alpha value is -3.46. The molecule has 5 rings (SSSR count). The second kappa shape index (κ2) is 8.47. The van der Waals surface area contributed by atoms with E-state index < -0.39 is 5.69 Å². The Balaban J connectivity index is 1.35. The molecule has 170 valence electrons. The van der Waals surface area contributed by atoms with Gasteiger partial charge in [-0.1, -0.05) is 30.3 Å². The summed E-state index contributed by atoms with van der Waals surface area (Å²) in [6.07, 6.45) is 3.39. The molecule has 0 saturated carbocycles. The van der Waals surface area contributed by atoms with Gasteiger partial charge in [0.1, 0.15) is 0 Å². The second-order valence-corrected chi connectivity index (χ2v) is 9.37. The molecule has 0 spiro atoms. The smallest absolute Gasteiger partial charge is 0.331 e. The Morgan fingerprint density at radius 2 is 1.91 bits per heavy atom. The molecule has 0 N–H and O–H groups in total. The number of aryl methyl sites for hydroxylation is 2. The number of rotatable bonds is 5. The largest absolute Gasteiger partial charge is 0.332 e. The van der Waals surface area contributed by atoms with Gasteiger partial charge in [-0.2, -0.15) is 0 Å². The van der Waals surface area contributed by atoms with Crippen LogP contribution >= 0.6 is 11.3 Å². The standard InChI is InChI=1S/C24H25N5O3S/c1-26-22-21(23(31)27(2)24(26)32)28(15-25-22)12-6-9-19(30)29-13-10-18-17(11-14-33-18)20(29)16-7-4-3-5-8-16/h3-5,7-8,11,14-15,20H,6,9-10,12-13H2,1-2H3. The molecule has 0 radical (unpaired) electrons. The number of hydrogen-bond acceptors (Lipinski definition) is 5. The van der Waals surface area contributed by atoms with Gasteiger partial charge in [0, 0.05) is 38.5 Å². The maximum atomic E-state index is 13.3. The predicted octanol–water partition coefficient (Wildman–Crippen LogP) is 2.45. The fourth-order valence-electron chi connectivity index (χ4n) is 4.69. The van der Waals surface area contributed by atoms with E-state index in [0.717, 1.165) is 16.6 Å². The van der Waals surface area contributed by atoms with Gasteiger partial charge in [0.25, 0.3) is 5.56 Å². The fraction of sp³-hybridized carbons (Fsp3) is 0.333. The molecule has 1 atom stereocenters. The van der Waals surface area contributed by atoms with Crippen molar-refractivity contribution in [1.29, 1.82) is 0 Å². The minimum absolute atomic E-state index is 0.0652. The van der Waals surface area contributed by atoms with E-state index in [1.165, 1.54) is 22.1 Å². The molecule has 0 aliphatic carbocycles. The lowest BCUT2D eigenvalue weighted by atomic mass is 9.93. The third-order valence-corrected chi connectivity index (χ3v) is 7.40. The summed E-state index contributed by atoms with van der Waals surface area (Å²) in [5.74, 6) is 0.102. The lowest BCUT2D eigenvalue weighted by Gasteiger charge is -2.36. The normalized spacial score (nSPS) is 15.7. The van der Waals surface area contributed by atoms with Crippen molar-refractivity contribution in [3.63, 3.8) is 0 Å². The number of benzene rings is 1. The molecule has 1 aromatic carbocycles. The first-order valence-corrected chi connectivity index (χ1v) is 11.9. The predicted molar refractivity (Wildman–Crippen MR) is 127 cm³/mol. The topological polar surface area (TPSA) is 82.1 Å². The highest BCUT2D eigenvalue weighted by atomic mass is 32.1. The SMILES string of the molecule is Cn1c(=O)c2c(ncn2CCCC(=O)N2CCc3sccc3C2c2ccccc2)n(C)c1=O. The van der Waals surface area contributed by atoms with Crippen molar-refractivity contribution in [2.75, 3.05) is 6.54 Å². The molecular weight excluding hydrogens is 438 g/mol. The first-order valence-electron chi connectivity index (χ1n) is 11.0. The van der Waals surface area contributed by atoms with Crippen LogP contribution in [0.5, 0.6) is 0 Å². The van der Waals surface area contributed by atoms with Crippen LogP contribution in [0.4, 0.5) is 0 Å². The molecule has 0 bridgehead atoms. The Bertz CT molecular complexity index is 1450. The highest BCUT2D eigenvalue weighted by Gasteiger charge is 2.32. The van der Waals surface area contributed by atoms with Gasteiger partial charge in [0.15, 0.2) is 11.2 Å². The number of amides is 1. The van der Waals surface area contributed by atoms with Crippen LogP contribution < -0.4 is 11.2 Å². The first-order chi connectivity index (χ1) is 16.0. The van der Waals surface area contributed by atoms with Crippen LogP contribution in [-0.2, 0) is 31.9 Å². The van der Waals surface area contributed by atoms with Gasteiger partial charge in [0.05, 0.1) is 12.4 Å². The van der Waals surface area contributed by atoms with Crippen LogP contribution in [0.2, 0.25) is 0 Å². The summed E-state index contributed by atoms with van der Waals surface area (Å²) < 4.78 is 4.20. The molecule has 1 aliphatic heterocycles. The molecule has 1 amide bonds. The Morgan fingerprint density at radius 3 is 2.70 bits per heavy atom. The number of imidazole rings is 1. The van der Waals surface area contributed by atoms with E-state index in [-0.39, 0.29) is 17.5 Å². The lowest BCUT2D eigenvalue weighted by Crippen LogP contribution is -2.40. The molecule has 1 unspecified atom stereocenters. The average molecular weight is 464 g/mol. The summed E-state index contributed by atoms with van der Waals surface area (Å²) in [7, 11) is 3.06. The average Bonchev–Trinajstić information content (AvgIpc) is 3.48. The van der Waals surface area contributed by atoms with Crippen molar-refractivity contribution >= 4 is 28.4 Å². The number of nitrogens with zero attached hydrogens (tertiary/aromatic N) is 5. The Labute approximate surface area is 194 Å². The molecule has 9 heteroatoms. The Kier molecular flexibility index (Phi) is 5.49. The number of fused-ring (bicyclic) bond motifs is 2. The van der Waals surface area contributed by atoms with E-state index in [2.05, 4.69) is 28.6 Å².